The molecule has 106 valence electrons. The summed E-state index contributed by atoms with van der Waals surface area (Å²) in [6.07, 6.45) is 0. The highest BCUT2D eigenvalue weighted by Crippen LogP contribution is 2.23. The Kier molecular flexibility index (Phi) is 3.49. The van der Waals surface area contributed by atoms with Crippen molar-refractivity contribution in [3.8, 4) is 11.4 Å². The molecule has 3 rings (SSSR count). The van der Waals surface area contributed by atoms with Crippen molar-refractivity contribution in [1.29, 1.82) is 0 Å². The average Bonchev–Trinajstić information content (AvgIpc) is 3.08. The molecule has 3 aromatic rings. The summed E-state index contributed by atoms with van der Waals surface area (Å²) in [5.41, 5.74) is 2.20. The van der Waals surface area contributed by atoms with Crippen LogP contribution in [0.5, 0.6) is 0 Å². The van der Waals surface area contributed by atoms with Crippen LogP contribution in [0.3, 0.4) is 0 Å². The Morgan fingerprint density at radius 3 is 2.81 bits per heavy atom. The summed E-state index contributed by atoms with van der Waals surface area (Å²) >= 11 is 1.62. The number of rotatable bonds is 3. The minimum atomic E-state index is -0.109. The second kappa shape index (κ2) is 5.45. The standard InChI is InChI=1S/C14H13N5OS/c1-8-6-12(9(2)21-8)14(20)15-11-5-3-4-10(7-11)13-16-18-19-17-13/h3-7H,1-2H3,(H,15,20)(H,16,17,18,19). The molecule has 0 saturated carbocycles. The lowest BCUT2D eigenvalue weighted by Crippen LogP contribution is -2.12. The van der Waals surface area contributed by atoms with Gasteiger partial charge in [-0.05, 0) is 37.3 Å². The van der Waals surface area contributed by atoms with Crippen LogP contribution in [0.1, 0.15) is 20.1 Å². The van der Waals surface area contributed by atoms with Gasteiger partial charge in [0.25, 0.3) is 5.91 Å². The van der Waals surface area contributed by atoms with Crippen LogP contribution in [0.4, 0.5) is 5.69 Å². The fourth-order valence-electron chi connectivity index (χ4n) is 2.07. The molecule has 7 heteroatoms. The topological polar surface area (TPSA) is 83.6 Å². The molecule has 0 spiro atoms. The number of hydrogen-bond acceptors (Lipinski definition) is 5. The number of amides is 1. The van der Waals surface area contributed by atoms with Gasteiger partial charge >= 0.3 is 0 Å². The maximum absolute atomic E-state index is 12.3. The van der Waals surface area contributed by atoms with Gasteiger partial charge in [-0.1, -0.05) is 12.1 Å². The SMILES string of the molecule is Cc1cc(C(=O)Nc2cccc(-c3nn[nH]n3)c2)c(C)s1. The van der Waals surface area contributed by atoms with Gasteiger partial charge in [0.15, 0.2) is 0 Å². The first kappa shape index (κ1) is 13.4. The van der Waals surface area contributed by atoms with Crippen LogP contribution < -0.4 is 5.32 Å². The van der Waals surface area contributed by atoms with Crippen LogP contribution in [-0.2, 0) is 0 Å². The smallest absolute Gasteiger partial charge is 0.256 e. The van der Waals surface area contributed by atoms with E-state index in [0.29, 0.717) is 17.1 Å². The summed E-state index contributed by atoms with van der Waals surface area (Å²) in [7, 11) is 0. The average molecular weight is 299 g/mol. The first-order chi connectivity index (χ1) is 10.1. The van der Waals surface area contributed by atoms with Gasteiger partial charge in [0, 0.05) is 21.0 Å². The number of anilines is 1. The number of nitrogens with zero attached hydrogens (tertiary/aromatic N) is 3. The fourth-order valence-corrected chi connectivity index (χ4v) is 3.00. The van der Waals surface area contributed by atoms with E-state index in [9.17, 15) is 4.79 Å². The molecule has 21 heavy (non-hydrogen) atoms. The van der Waals surface area contributed by atoms with Crippen molar-refractivity contribution in [3.05, 3.63) is 45.6 Å². The molecular formula is C14H13N5OS. The Morgan fingerprint density at radius 2 is 2.14 bits per heavy atom. The highest BCUT2D eigenvalue weighted by atomic mass is 32.1. The summed E-state index contributed by atoms with van der Waals surface area (Å²) in [5, 5.41) is 16.7. The normalized spacial score (nSPS) is 10.6. The first-order valence-corrected chi connectivity index (χ1v) is 7.17. The molecular weight excluding hydrogens is 286 g/mol. The molecule has 1 amide bonds. The fraction of sp³-hybridized carbons (Fsp3) is 0.143. The molecule has 2 aromatic heterocycles. The number of benzene rings is 1. The van der Waals surface area contributed by atoms with Crippen molar-refractivity contribution >= 4 is 22.9 Å². The third-order valence-electron chi connectivity index (χ3n) is 3.01. The Bertz CT molecular complexity index is 779. The second-order valence-electron chi connectivity index (χ2n) is 4.60. The van der Waals surface area contributed by atoms with Crippen molar-refractivity contribution < 1.29 is 4.79 Å². The molecule has 0 unspecified atom stereocenters. The van der Waals surface area contributed by atoms with Crippen LogP contribution in [0.2, 0.25) is 0 Å². The van der Waals surface area contributed by atoms with Gasteiger partial charge in [-0.15, -0.1) is 21.5 Å². The lowest BCUT2D eigenvalue weighted by atomic mass is 10.1. The van der Waals surface area contributed by atoms with Crippen LogP contribution >= 0.6 is 11.3 Å². The maximum atomic E-state index is 12.3. The second-order valence-corrected chi connectivity index (χ2v) is 6.06. The Labute approximate surface area is 125 Å². The number of hydrogen-bond donors (Lipinski definition) is 2. The van der Waals surface area contributed by atoms with Crippen LogP contribution in [0, 0.1) is 13.8 Å². The van der Waals surface area contributed by atoms with E-state index in [-0.39, 0.29) is 5.91 Å². The van der Waals surface area contributed by atoms with Gasteiger partial charge in [0.2, 0.25) is 5.82 Å². The molecule has 6 nitrogen and oxygen atoms in total. The summed E-state index contributed by atoms with van der Waals surface area (Å²) < 4.78 is 0. The zero-order chi connectivity index (χ0) is 14.8. The van der Waals surface area contributed by atoms with E-state index in [4.69, 9.17) is 0 Å². The van der Waals surface area contributed by atoms with E-state index in [1.807, 2.05) is 44.2 Å². The molecule has 0 radical (unpaired) electrons. The number of tetrazole rings is 1. The number of nitrogens with one attached hydrogen (secondary N) is 2. The molecule has 0 atom stereocenters. The quantitative estimate of drug-likeness (QED) is 0.779. The van der Waals surface area contributed by atoms with E-state index in [0.717, 1.165) is 15.3 Å². The van der Waals surface area contributed by atoms with Crippen LogP contribution in [-0.4, -0.2) is 26.5 Å². The molecule has 0 fully saturated rings. The number of thiophene rings is 1. The zero-order valence-corrected chi connectivity index (χ0v) is 12.4. The number of aromatic amines is 1. The lowest BCUT2D eigenvalue weighted by molar-refractivity contribution is 0.102. The highest BCUT2D eigenvalue weighted by molar-refractivity contribution is 7.12. The monoisotopic (exact) mass is 299 g/mol. The Hall–Kier alpha value is -2.54. The van der Waals surface area contributed by atoms with Gasteiger partial charge in [-0.2, -0.15) is 5.21 Å². The number of aryl methyl sites for hydroxylation is 2. The summed E-state index contributed by atoms with van der Waals surface area (Å²) in [6.45, 7) is 3.94. The van der Waals surface area contributed by atoms with Crippen LogP contribution in [0.25, 0.3) is 11.4 Å². The largest absolute Gasteiger partial charge is 0.322 e. The molecule has 0 aliphatic rings. The van der Waals surface area contributed by atoms with Crippen molar-refractivity contribution in [3.63, 3.8) is 0 Å². The van der Waals surface area contributed by atoms with Gasteiger partial charge in [-0.3, -0.25) is 4.79 Å². The third kappa shape index (κ3) is 2.82. The van der Waals surface area contributed by atoms with Gasteiger partial charge in [0.1, 0.15) is 0 Å². The van der Waals surface area contributed by atoms with E-state index in [2.05, 4.69) is 25.9 Å². The van der Waals surface area contributed by atoms with Crippen LogP contribution in [0.15, 0.2) is 30.3 Å². The van der Waals surface area contributed by atoms with E-state index >= 15 is 0 Å². The van der Waals surface area contributed by atoms with E-state index < -0.39 is 0 Å². The van der Waals surface area contributed by atoms with Gasteiger partial charge in [-0.25, -0.2) is 0 Å². The van der Waals surface area contributed by atoms with Crippen molar-refractivity contribution in [2.24, 2.45) is 0 Å². The summed E-state index contributed by atoms with van der Waals surface area (Å²) in [4.78, 5) is 14.4. The van der Waals surface area contributed by atoms with Crippen molar-refractivity contribution in [1.82, 2.24) is 20.6 Å². The van der Waals surface area contributed by atoms with Crippen molar-refractivity contribution in [2.45, 2.75) is 13.8 Å². The zero-order valence-electron chi connectivity index (χ0n) is 11.5. The van der Waals surface area contributed by atoms with Crippen molar-refractivity contribution in [2.75, 3.05) is 5.32 Å². The number of H-pyrrole nitrogens is 1. The minimum Gasteiger partial charge on any atom is -0.322 e. The lowest BCUT2D eigenvalue weighted by Gasteiger charge is -2.05. The summed E-state index contributed by atoms with van der Waals surface area (Å²) in [5.74, 6) is 0.385. The minimum absolute atomic E-state index is 0.109. The molecule has 2 heterocycles. The first-order valence-electron chi connectivity index (χ1n) is 6.36. The van der Waals surface area contributed by atoms with Gasteiger partial charge in [0.05, 0.1) is 5.56 Å². The molecule has 2 N–H and O–H groups in total. The summed E-state index contributed by atoms with van der Waals surface area (Å²) in [6, 6.07) is 9.25. The highest BCUT2D eigenvalue weighted by Gasteiger charge is 2.12. The number of carbonyl (C=O) groups excluding carboxylic acids is 1. The van der Waals surface area contributed by atoms with Gasteiger partial charge < -0.3 is 5.32 Å². The molecule has 0 aliphatic heterocycles. The number of carbonyl (C=O) groups is 1. The Morgan fingerprint density at radius 1 is 1.29 bits per heavy atom. The molecule has 0 bridgehead atoms. The molecule has 0 saturated heterocycles. The molecule has 1 aromatic carbocycles. The number of aromatic nitrogens is 4. The third-order valence-corrected chi connectivity index (χ3v) is 3.98. The maximum Gasteiger partial charge on any atom is 0.256 e. The Balaban J connectivity index is 1.84. The molecule has 0 aliphatic carbocycles. The predicted octanol–water partition coefficient (Wildman–Crippen LogP) is 2.80. The predicted molar refractivity (Wildman–Crippen MR) is 81.4 cm³/mol. The van der Waals surface area contributed by atoms with E-state index in [1.165, 1.54) is 0 Å². The van der Waals surface area contributed by atoms with E-state index in [1.54, 1.807) is 11.3 Å².